The molecular weight excluding hydrogens is 422 g/mol. The molecule has 0 aliphatic heterocycles. The van der Waals surface area contributed by atoms with Crippen LogP contribution in [0.3, 0.4) is 0 Å². The molecular formula is C26H19NO6. The molecule has 0 radical (unpaired) electrons. The summed E-state index contributed by atoms with van der Waals surface area (Å²) in [5.74, 6) is -1.21. The van der Waals surface area contributed by atoms with E-state index in [1.54, 1.807) is 42.5 Å². The van der Waals surface area contributed by atoms with Gasteiger partial charge in [-0.25, -0.2) is 4.79 Å². The topological polar surface area (TPSA) is 98.8 Å². The van der Waals surface area contributed by atoms with Gasteiger partial charge in [0.1, 0.15) is 5.75 Å². The Bertz CT molecular complexity index is 1310. The summed E-state index contributed by atoms with van der Waals surface area (Å²) in [6, 6.07) is 18.2. The highest BCUT2D eigenvalue weighted by Gasteiger charge is 2.29. The second kappa shape index (κ2) is 9.32. The van der Waals surface area contributed by atoms with E-state index in [4.69, 9.17) is 9.47 Å². The Morgan fingerprint density at radius 1 is 0.848 bits per heavy atom. The molecule has 1 aliphatic rings. The zero-order valence-electron chi connectivity index (χ0n) is 17.7. The van der Waals surface area contributed by atoms with Gasteiger partial charge in [-0.2, -0.15) is 0 Å². The number of amides is 1. The lowest BCUT2D eigenvalue weighted by Crippen LogP contribution is -2.23. The van der Waals surface area contributed by atoms with E-state index in [0.29, 0.717) is 28.1 Å². The van der Waals surface area contributed by atoms with Crippen molar-refractivity contribution in [3.05, 3.63) is 101 Å². The SMILES string of the molecule is COc1ccccc1/C=C/C(=O)OCC(=O)Nc1ccc2c(c1)C(=O)c1ccccc1C2=O. The van der Waals surface area contributed by atoms with E-state index in [9.17, 15) is 19.2 Å². The molecule has 33 heavy (non-hydrogen) atoms. The first kappa shape index (κ1) is 21.7. The van der Waals surface area contributed by atoms with Crippen LogP contribution in [0.25, 0.3) is 6.08 Å². The number of hydrogen-bond donors (Lipinski definition) is 1. The van der Waals surface area contributed by atoms with Gasteiger partial charge >= 0.3 is 5.97 Å². The molecule has 0 unspecified atom stereocenters. The molecule has 7 heteroatoms. The highest BCUT2D eigenvalue weighted by atomic mass is 16.5. The molecule has 0 saturated heterocycles. The summed E-state index contributed by atoms with van der Waals surface area (Å²) in [6.45, 7) is -0.512. The molecule has 0 heterocycles. The van der Waals surface area contributed by atoms with Gasteiger partial charge in [0, 0.05) is 39.6 Å². The standard InChI is InChI=1S/C26H19NO6/c1-32-22-9-5-2-6-16(22)10-13-24(29)33-15-23(28)27-17-11-12-20-21(14-17)26(31)19-8-4-3-7-18(19)25(20)30/h2-14H,15H2,1H3,(H,27,28)/b13-10+. The third kappa shape index (κ3) is 4.57. The van der Waals surface area contributed by atoms with Crippen molar-refractivity contribution in [2.45, 2.75) is 0 Å². The van der Waals surface area contributed by atoms with Crippen LogP contribution in [-0.2, 0) is 14.3 Å². The van der Waals surface area contributed by atoms with Gasteiger partial charge < -0.3 is 14.8 Å². The quantitative estimate of drug-likeness (QED) is 0.362. The molecule has 0 bridgehead atoms. The van der Waals surface area contributed by atoms with Gasteiger partial charge in [0.25, 0.3) is 5.91 Å². The molecule has 7 nitrogen and oxygen atoms in total. The van der Waals surface area contributed by atoms with E-state index in [1.165, 1.54) is 37.5 Å². The fraction of sp³-hybridized carbons (Fsp3) is 0.0769. The fourth-order valence-corrected chi connectivity index (χ4v) is 3.52. The average molecular weight is 441 g/mol. The molecule has 1 amide bonds. The van der Waals surface area contributed by atoms with E-state index in [2.05, 4.69) is 5.32 Å². The van der Waals surface area contributed by atoms with Crippen LogP contribution < -0.4 is 10.1 Å². The third-order valence-corrected chi connectivity index (χ3v) is 5.09. The van der Waals surface area contributed by atoms with Gasteiger partial charge in [0.15, 0.2) is 18.2 Å². The summed E-state index contributed by atoms with van der Waals surface area (Å²) in [4.78, 5) is 49.6. The monoisotopic (exact) mass is 441 g/mol. The largest absolute Gasteiger partial charge is 0.496 e. The van der Waals surface area contributed by atoms with Crippen LogP contribution in [0.4, 0.5) is 5.69 Å². The van der Waals surface area contributed by atoms with Gasteiger partial charge in [0.2, 0.25) is 0 Å². The number of rotatable bonds is 6. The minimum Gasteiger partial charge on any atom is -0.496 e. The minimum atomic E-state index is -0.695. The molecule has 1 aliphatic carbocycles. The number of fused-ring (bicyclic) bond motifs is 2. The summed E-state index contributed by atoms with van der Waals surface area (Å²) < 4.78 is 10.2. The van der Waals surface area contributed by atoms with Crippen molar-refractivity contribution in [1.29, 1.82) is 0 Å². The van der Waals surface area contributed by atoms with Gasteiger partial charge in [0.05, 0.1) is 7.11 Å². The lowest BCUT2D eigenvalue weighted by atomic mass is 9.84. The van der Waals surface area contributed by atoms with Crippen LogP contribution in [0.2, 0.25) is 0 Å². The van der Waals surface area contributed by atoms with Crippen LogP contribution in [-0.4, -0.2) is 37.2 Å². The summed E-state index contributed by atoms with van der Waals surface area (Å²) in [7, 11) is 1.53. The number of ketones is 2. The highest BCUT2D eigenvalue weighted by Crippen LogP contribution is 2.29. The third-order valence-electron chi connectivity index (χ3n) is 5.09. The van der Waals surface area contributed by atoms with Crippen molar-refractivity contribution in [2.75, 3.05) is 19.0 Å². The summed E-state index contributed by atoms with van der Waals surface area (Å²) in [5.41, 5.74) is 2.20. The maximum Gasteiger partial charge on any atom is 0.331 e. The van der Waals surface area contributed by atoms with Crippen molar-refractivity contribution >= 4 is 35.2 Å². The number of methoxy groups -OCH3 is 1. The van der Waals surface area contributed by atoms with Crippen molar-refractivity contribution in [2.24, 2.45) is 0 Å². The lowest BCUT2D eigenvalue weighted by molar-refractivity contribution is -0.142. The Labute approximate surface area is 189 Å². The predicted octanol–water partition coefficient (Wildman–Crippen LogP) is 3.67. The van der Waals surface area contributed by atoms with Gasteiger partial charge in [-0.05, 0) is 30.3 Å². The maximum absolute atomic E-state index is 12.8. The van der Waals surface area contributed by atoms with E-state index >= 15 is 0 Å². The smallest absolute Gasteiger partial charge is 0.331 e. The van der Waals surface area contributed by atoms with E-state index < -0.39 is 18.5 Å². The van der Waals surface area contributed by atoms with E-state index in [-0.39, 0.29) is 22.7 Å². The summed E-state index contributed by atoms with van der Waals surface area (Å²) in [6.07, 6.45) is 2.73. The second-order valence-electron chi connectivity index (χ2n) is 7.20. The molecule has 3 aromatic rings. The van der Waals surface area contributed by atoms with E-state index in [1.807, 2.05) is 6.07 Å². The maximum atomic E-state index is 12.8. The molecule has 0 atom stereocenters. The zero-order valence-corrected chi connectivity index (χ0v) is 17.7. The Hall–Kier alpha value is -4.52. The molecule has 0 spiro atoms. The molecule has 0 saturated carbocycles. The number of para-hydroxylation sites is 1. The first-order chi connectivity index (χ1) is 16.0. The summed E-state index contributed by atoms with van der Waals surface area (Å²) >= 11 is 0. The first-order valence-corrected chi connectivity index (χ1v) is 10.1. The Morgan fingerprint density at radius 3 is 2.21 bits per heavy atom. The number of carbonyl (C=O) groups excluding carboxylic acids is 4. The summed E-state index contributed by atoms with van der Waals surface area (Å²) in [5, 5.41) is 2.58. The number of benzene rings is 3. The van der Waals surface area contributed by atoms with Crippen LogP contribution in [0.5, 0.6) is 5.75 Å². The second-order valence-corrected chi connectivity index (χ2v) is 7.20. The number of anilines is 1. The molecule has 3 aromatic carbocycles. The highest BCUT2D eigenvalue weighted by molar-refractivity contribution is 6.28. The first-order valence-electron chi connectivity index (χ1n) is 10.1. The Morgan fingerprint density at radius 2 is 1.48 bits per heavy atom. The normalized spacial score (nSPS) is 12.2. The van der Waals surface area contributed by atoms with Gasteiger partial charge in [-0.1, -0.05) is 42.5 Å². The Balaban J connectivity index is 1.38. The number of nitrogens with one attached hydrogen (secondary N) is 1. The fourth-order valence-electron chi connectivity index (χ4n) is 3.52. The van der Waals surface area contributed by atoms with Crippen molar-refractivity contribution in [3.8, 4) is 5.75 Å². The number of hydrogen-bond acceptors (Lipinski definition) is 6. The number of carbonyl (C=O) groups is 4. The van der Waals surface area contributed by atoms with E-state index in [0.717, 1.165) is 0 Å². The zero-order chi connectivity index (χ0) is 23.4. The van der Waals surface area contributed by atoms with Crippen LogP contribution in [0.1, 0.15) is 37.4 Å². The molecule has 4 rings (SSSR count). The van der Waals surface area contributed by atoms with Gasteiger partial charge in [-0.3, -0.25) is 14.4 Å². The predicted molar refractivity (Wildman–Crippen MR) is 121 cm³/mol. The number of esters is 1. The Kier molecular flexibility index (Phi) is 6.13. The number of ether oxygens (including phenoxy) is 2. The molecule has 164 valence electrons. The molecule has 1 N–H and O–H groups in total. The van der Waals surface area contributed by atoms with Crippen LogP contribution in [0.15, 0.2) is 72.8 Å². The van der Waals surface area contributed by atoms with Gasteiger partial charge in [-0.15, -0.1) is 0 Å². The molecule has 0 fully saturated rings. The lowest BCUT2D eigenvalue weighted by Gasteiger charge is -2.18. The van der Waals surface area contributed by atoms with Crippen molar-refractivity contribution < 1.29 is 28.7 Å². The van der Waals surface area contributed by atoms with Crippen LogP contribution >= 0.6 is 0 Å². The minimum absolute atomic E-state index is 0.216. The van der Waals surface area contributed by atoms with Crippen molar-refractivity contribution in [1.82, 2.24) is 0 Å². The molecule has 0 aromatic heterocycles. The van der Waals surface area contributed by atoms with Crippen molar-refractivity contribution in [3.63, 3.8) is 0 Å². The van der Waals surface area contributed by atoms with Crippen LogP contribution in [0, 0.1) is 0 Å². The average Bonchev–Trinajstić information content (AvgIpc) is 2.85.